The van der Waals surface area contributed by atoms with E-state index in [2.05, 4.69) is 0 Å². The van der Waals surface area contributed by atoms with Crippen LogP contribution in [0, 0.1) is 5.92 Å². The molecule has 1 aliphatic rings. The molecule has 0 bridgehead atoms. The van der Waals surface area contributed by atoms with E-state index in [4.69, 9.17) is 4.84 Å². The number of benzene rings is 2. The van der Waals surface area contributed by atoms with Gasteiger partial charge in [0.2, 0.25) is 0 Å². The Bertz CT molecular complexity index is 582. The normalized spacial score (nSPS) is 21.9. The summed E-state index contributed by atoms with van der Waals surface area (Å²) in [6, 6.07) is 19.9. The highest BCUT2D eigenvalue weighted by Crippen LogP contribution is 2.38. The van der Waals surface area contributed by atoms with Gasteiger partial charge >= 0.3 is 0 Å². The fourth-order valence-electron chi connectivity index (χ4n) is 2.66. The van der Waals surface area contributed by atoms with Gasteiger partial charge in [0, 0.05) is 0 Å². The van der Waals surface area contributed by atoms with Gasteiger partial charge in [-0.15, -0.1) is 0 Å². The third-order valence-electron chi connectivity index (χ3n) is 3.70. The van der Waals surface area contributed by atoms with Crippen LogP contribution in [0.25, 0.3) is 0 Å². The molecule has 0 unspecified atom stereocenters. The highest BCUT2D eigenvalue weighted by Gasteiger charge is 2.39. The summed E-state index contributed by atoms with van der Waals surface area (Å²) in [5.41, 5.74) is 2.08. The number of anilines is 1. The molecule has 102 valence electrons. The van der Waals surface area contributed by atoms with Crippen LogP contribution in [0.3, 0.4) is 0 Å². The van der Waals surface area contributed by atoms with Gasteiger partial charge in [0.05, 0.1) is 24.3 Å². The molecule has 2 aromatic carbocycles. The predicted molar refractivity (Wildman–Crippen MR) is 78.2 cm³/mol. The fraction of sp³-hybridized carbons (Fsp3) is 0.235. The lowest BCUT2D eigenvalue weighted by atomic mass is 9.91. The van der Waals surface area contributed by atoms with Crippen molar-refractivity contribution in [2.75, 3.05) is 11.7 Å². The number of Topliss-reactive ketones (excluding diaryl/α,β-unsaturated/α-hetero) is 1. The van der Waals surface area contributed by atoms with Crippen molar-refractivity contribution in [3.63, 3.8) is 0 Å². The van der Waals surface area contributed by atoms with Crippen LogP contribution in [0.15, 0.2) is 60.7 Å². The largest absolute Gasteiger partial charge is 0.300 e. The molecule has 3 heteroatoms. The summed E-state index contributed by atoms with van der Waals surface area (Å²) in [4.78, 5) is 17.7. The van der Waals surface area contributed by atoms with Crippen LogP contribution in [0.5, 0.6) is 0 Å². The van der Waals surface area contributed by atoms with E-state index in [1.165, 1.54) is 0 Å². The van der Waals surface area contributed by atoms with E-state index in [1.54, 1.807) is 6.92 Å². The first-order chi connectivity index (χ1) is 9.77. The fourth-order valence-corrected chi connectivity index (χ4v) is 2.66. The molecule has 3 nitrogen and oxygen atoms in total. The average Bonchev–Trinajstić information content (AvgIpc) is 2.94. The van der Waals surface area contributed by atoms with E-state index in [-0.39, 0.29) is 17.7 Å². The van der Waals surface area contributed by atoms with Gasteiger partial charge in [-0.05, 0) is 24.6 Å². The van der Waals surface area contributed by atoms with Gasteiger partial charge in [0.15, 0.2) is 0 Å². The maximum atomic E-state index is 11.9. The minimum atomic E-state index is -0.127. The number of nitrogens with zero attached hydrogens (tertiary/aromatic N) is 1. The lowest BCUT2D eigenvalue weighted by Crippen LogP contribution is -2.27. The molecule has 2 atom stereocenters. The molecule has 3 rings (SSSR count). The number of rotatable bonds is 3. The van der Waals surface area contributed by atoms with Crippen molar-refractivity contribution in [2.45, 2.75) is 13.0 Å². The van der Waals surface area contributed by atoms with Crippen molar-refractivity contribution in [1.29, 1.82) is 0 Å². The SMILES string of the molecule is CC(=O)[C@@H]1CON(c2ccccc2)[C@H]1c1ccccc1. The van der Waals surface area contributed by atoms with E-state index in [0.717, 1.165) is 11.3 Å². The molecular formula is C17H17NO2. The lowest BCUT2D eigenvalue weighted by Gasteiger charge is -2.26. The standard InChI is InChI=1S/C17H17NO2/c1-13(19)16-12-20-18(15-10-6-3-7-11-15)17(16)14-8-4-2-5-9-14/h2-11,16-17H,12H2,1H3/t16-,17-/m0/s1. The summed E-state index contributed by atoms with van der Waals surface area (Å²) in [6.07, 6.45) is 0. The number of hydroxylamine groups is 1. The summed E-state index contributed by atoms with van der Waals surface area (Å²) >= 11 is 0. The highest BCUT2D eigenvalue weighted by atomic mass is 16.7. The summed E-state index contributed by atoms with van der Waals surface area (Å²) in [5.74, 6) is 0.0369. The first kappa shape index (κ1) is 12.9. The maximum absolute atomic E-state index is 11.9. The van der Waals surface area contributed by atoms with Gasteiger partial charge in [-0.2, -0.15) is 0 Å². The van der Waals surface area contributed by atoms with E-state index in [9.17, 15) is 4.79 Å². The maximum Gasteiger partial charge on any atom is 0.137 e. The molecule has 0 aromatic heterocycles. The number of carbonyl (C=O) groups is 1. The Morgan fingerprint density at radius 3 is 2.25 bits per heavy atom. The summed E-state index contributed by atoms with van der Waals surface area (Å²) in [6.45, 7) is 2.07. The third kappa shape index (κ3) is 2.32. The molecular weight excluding hydrogens is 250 g/mol. The van der Waals surface area contributed by atoms with Gasteiger partial charge in [0.1, 0.15) is 5.78 Å². The molecule has 1 heterocycles. The number of ketones is 1. The first-order valence-electron chi connectivity index (χ1n) is 6.80. The highest BCUT2D eigenvalue weighted by molar-refractivity contribution is 5.80. The molecule has 1 fully saturated rings. The van der Waals surface area contributed by atoms with E-state index >= 15 is 0 Å². The predicted octanol–water partition coefficient (Wildman–Crippen LogP) is 3.38. The number of hydrogen-bond donors (Lipinski definition) is 0. The Morgan fingerprint density at radius 2 is 1.65 bits per heavy atom. The number of hydrogen-bond acceptors (Lipinski definition) is 3. The van der Waals surface area contributed by atoms with Crippen molar-refractivity contribution in [2.24, 2.45) is 5.92 Å². The molecule has 0 saturated carbocycles. The van der Waals surface area contributed by atoms with Crippen molar-refractivity contribution >= 4 is 11.5 Å². The summed E-state index contributed by atoms with van der Waals surface area (Å²) in [7, 11) is 0. The van der Waals surface area contributed by atoms with Crippen LogP contribution in [-0.4, -0.2) is 12.4 Å². The molecule has 1 saturated heterocycles. The Labute approximate surface area is 118 Å². The molecule has 0 amide bonds. The second-order valence-electron chi connectivity index (χ2n) is 5.03. The first-order valence-corrected chi connectivity index (χ1v) is 6.80. The molecule has 2 aromatic rings. The van der Waals surface area contributed by atoms with Crippen LogP contribution in [0.1, 0.15) is 18.5 Å². The van der Waals surface area contributed by atoms with E-state index < -0.39 is 0 Å². The summed E-state index contributed by atoms with van der Waals surface area (Å²) < 4.78 is 0. The van der Waals surface area contributed by atoms with Crippen LogP contribution in [-0.2, 0) is 9.63 Å². The van der Waals surface area contributed by atoms with Crippen LogP contribution < -0.4 is 5.06 Å². The topological polar surface area (TPSA) is 29.5 Å². The number of carbonyl (C=O) groups excluding carboxylic acids is 1. The monoisotopic (exact) mass is 267 g/mol. The minimum Gasteiger partial charge on any atom is -0.300 e. The van der Waals surface area contributed by atoms with Crippen molar-refractivity contribution in [3.05, 3.63) is 66.2 Å². The Kier molecular flexibility index (Phi) is 3.52. The van der Waals surface area contributed by atoms with Gasteiger partial charge in [-0.1, -0.05) is 48.5 Å². The van der Waals surface area contributed by atoms with E-state index in [0.29, 0.717) is 6.61 Å². The zero-order valence-electron chi connectivity index (χ0n) is 11.4. The van der Waals surface area contributed by atoms with Crippen LogP contribution in [0.4, 0.5) is 5.69 Å². The average molecular weight is 267 g/mol. The summed E-state index contributed by atoms with van der Waals surface area (Å²) in [5, 5.41) is 1.86. The third-order valence-corrected chi connectivity index (χ3v) is 3.70. The van der Waals surface area contributed by atoms with Crippen LogP contribution in [0.2, 0.25) is 0 Å². The zero-order chi connectivity index (χ0) is 13.9. The van der Waals surface area contributed by atoms with Gasteiger partial charge in [0.25, 0.3) is 0 Å². The second-order valence-corrected chi connectivity index (χ2v) is 5.03. The minimum absolute atomic E-state index is 0.0592. The van der Waals surface area contributed by atoms with Gasteiger partial charge in [-0.3, -0.25) is 9.63 Å². The molecule has 0 radical (unpaired) electrons. The second kappa shape index (κ2) is 5.47. The molecule has 0 spiro atoms. The van der Waals surface area contributed by atoms with Crippen molar-refractivity contribution < 1.29 is 9.63 Å². The zero-order valence-corrected chi connectivity index (χ0v) is 11.4. The van der Waals surface area contributed by atoms with E-state index in [1.807, 2.05) is 65.7 Å². The molecule has 0 N–H and O–H groups in total. The Morgan fingerprint density at radius 1 is 1.05 bits per heavy atom. The van der Waals surface area contributed by atoms with Crippen molar-refractivity contribution in [1.82, 2.24) is 0 Å². The van der Waals surface area contributed by atoms with Crippen molar-refractivity contribution in [3.8, 4) is 0 Å². The molecule has 1 aliphatic heterocycles. The number of para-hydroxylation sites is 1. The Balaban J connectivity index is 2.00. The smallest absolute Gasteiger partial charge is 0.137 e. The van der Waals surface area contributed by atoms with Gasteiger partial charge in [-0.25, -0.2) is 5.06 Å². The van der Waals surface area contributed by atoms with Crippen LogP contribution >= 0.6 is 0 Å². The lowest BCUT2D eigenvalue weighted by molar-refractivity contribution is -0.121. The quantitative estimate of drug-likeness (QED) is 0.853. The molecule has 20 heavy (non-hydrogen) atoms. The van der Waals surface area contributed by atoms with Gasteiger partial charge < -0.3 is 0 Å². The molecule has 0 aliphatic carbocycles. The Hall–Kier alpha value is -2.13.